The number of halogens is 2. The average molecular weight is 341 g/mol. The first kappa shape index (κ1) is 12.5. The van der Waals surface area contributed by atoms with Crippen LogP contribution in [-0.4, -0.2) is 7.05 Å². The minimum absolute atomic E-state index is 0.104. The second-order valence-electron chi connectivity index (χ2n) is 3.79. The summed E-state index contributed by atoms with van der Waals surface area (Å²) in [5.74, 6) is -0.176. The molecule has 0 aromatic heterocycles. The summed E-state index contributed by atoms with van der Waals surface area (Å²) < 4.78 is 14.9. The number of hydrogen-bond donors (Lipinski definition) is 1. The lowest BCUT2D eigenvalue weighted by molar-refractivity contribution is 0.576. The standard InChI is InChI=1S/C14H13FIN/c1-17-14(10-6-8-11(16)9-7-10)12-4-2-3-5-13(12)15/h2-9,14,17H,1H3. The van der Waals surface area contributed by atoms with E-state index in [1.165, 1.54) is 9.64 Å². The highest BCUT2D eigenvalue weighted by Gasteiger charge is 2.15. The molecule has 0 saturated heterocycles. The molecule has 1 N–H and O–H groups in total. The molecule has 0 aliphatic heterocycles. The number of rotatable bonds is 3. The molecule has 2 aromatic carbocycles. The summed E-state index contributed by atoms with van der Waals surface area (Å²) >= 11 is 2.26. The molecule has 1 atom stereocenters. The predicted octanol–water partition coefficient (Wildman–Crippen LogP) is 3.74. The van der Waals surface area contributed by atoms with E-state index in [2.05, 4.69) is 27.9 Å². The quantitative estimate of drug-likeness (QED) is 0.839. The van der Waals surface area contributed by atoms with Crippen LogP contribution < -0.4 is 5.32 Å². The maximum atomic E-state index is 13.8. The lowest BCUT2D eigenvalue weighted by Crippen LogP contribution is -2.18. The lowest BCUT2D eigenvalue weighted by Gasteiger charge is -2.17. The Hall–Kier alpha value is -0.940. The molecule has 0 aliphatic rings. The van der Waals surface area contributed by atoms with Crippen molar-refractivity contribution < 1.29 is 4.39 Å². The molecule has 0 aliphatic carbocycles. The highest BCUT2D eigenvalue weighted by Crippen LogP contribution is 2.24. The monoisotopic (exact) mass is 341 g/mol. The van der Waals surface area contributed by atoms with Gasteiger partial charge in [-0.1, -0.05) is 30.3 Å². The van der Waals surface area contributed by atoms with Crippen molar-refractivity contribution in [1.82, 2.24) is 5.32 Å². The molecule has 17 heavy (non-hydrogen) atoms. The molecule has 0 bridgehead atoms. The van der Waals surface area contributed by atoms with Crippen LogP contribution in [-0.2, 0) is 0 Å². The first-order valence-electron chi connectivity index (χ1n) is 5.39. The summed E-state index contributed by atoms with van der Waals surface area (Å²) in [6.07, 6.45) is 0. The van der Waals surface area contributed by atoms with Crippen LogP contribution in [0.15, 0.2) is 48.5 Å². The molecule has 1 nitrogen and oxygen atoms in total. The molecule has 0 radical (unpaired) electrons. The molecule has 88 valence electrons. The van der Waals surface area contributed by atoms with Crippen LogP contribution in [0.4, 0.5) is 4.39 Å². The van der Waals surface area contributed by atoms with Gasteiger partial charge in [0.2, 0.25) is 0 Å². The minimum atomic E-state index is -0.176. The van der Waals surface area contributed by atoms with E-state index in [-0.39, 0.29) is 11.9 Å². The Morgan fingerprint density at radius 2 is 1.71 bits per heavy atom. The summed E-state index contributed by atoms with van der Waals surface area (Å²) in [5, 5.41) is 3.15. The Balaban J connectivity index is 2.40. The molecule has 0 amide bonds. The van der Waals surface area contributed by atoms with Crippen LogP contribution in [0.3, 0.4) is 0 Å². The van der Waals surface area contributed by atoms with Gasteiger partial charge in [0.05, 0.1) is 6.04 Å². The van der Waals surface area contributed by atoms with Gasteiger partial charge in [-0.3, -0.25) is 0 Å². The van der Waals surface area contributed by atoms with Crippen LogP contribution in [0, 0.1) is 9.39 Å². The van der Waals surface area contributed by atoms with Crippen LogP contribution in [0.5, 0.6) is 0 Å². The van der Waals surface area contributed by atoms with E-state index in [1.54, 1.807) is 6.07 Å². The molecule has 2 rings (SSSR count). The highest BCUT2D eigenvalue weighted by atomic mass is 127. The first-order valence-corrected chi connectivity index (χ1v) is 6.47. The minimum Gasteiger partial charge on any atom is -0.309 e. The fourth-order valence-corrected chi connectivity index (χ4v) is 2.23. The highest BCUT2D eigenvalue weighted by molar-refractivity contribution is 14.1. The van der Waals surface area contributed by atoms with Gasteiger partial charge in [0, 0.05) is 9.13 Å². The van der Waals surface area contributed by atoms with E-state index >= 15 is 0 Å². The SMILES string of the molecule is CNC(c1ccc(I)cc1)c1ccccc1F. The van der Waals surface area contributed by atoms with Gasteiger partial charge < -0.3 is 5.32 Å². The topological polar surface area (TPSA) is 12.0 Å². The van der Waals surface area contributed by atoms with Crippen LogP contribution in [0.2, 0.25) is 0 Å². The molecule has 0 saturated carbocycles. The van der Waals surface area contributed by atoms with Crippen molar-refractivity contribution in [2.75, 3.05) is 7.05 Å². The number of nitrogens with one attached hydrogen (secondary N) is 1. The molecule has 2 aromatic rings. The van der Waals surface area contributed by atoms with Gasteiger partial charge in [-0.2, -0.15) is 0 Å². The van der Waals surface area contributed by atoms with Crippen LogP contribution >= 0.6 is 22.6 Å². The van der Waals surface area contributed by atoms with E-state index in [0.717, 1.165) is 5.56 Å². The Kier molecular flexibility index (Phi) is 4.12. The predicted molar refractivity (Wildman–Crippen MR) is 76.5 cm³/mol. The Labute approximate surface area is 114 Å². The first-order chi connectivity index (χ1) is 8.22. The van der Waals surface area contributed by atoms with Gasteiger partial charge in [-0.25, -0.2) is 4.39 Å². The lowest BCUT2D eigenvalue weighted by atomic mass is 9.98. The third-order valence-corrected chi connectivity index (χ3v) is 3.43. The van der Waals surface area contributed by atoms with Gasteiger partial charge in [0.25, 0.3) is 0 Å². The molecular formula is C14H13FIN. The number of benzene rings is 2. The van der Waals surface area contributed by atoms with E-state index in [4.69, 9.17) is 0 Å². The van der Waals surface area contributed by atoms with Crippen molar-refractivity contribution in [3.05, 3.63) is 69.0 Å². The summed E-state index contributed by atoms with van der Waals surface area (Å²) in [5.41, 5.74) is 1.74. The zero-order valence-corrected chi connectivity index (χ0v) is 11.6. The van der Waals surface area contributed by atoms with Crippen molar-refractivity contribution in [1.29, 1.82) is 0 Å². The zero-order valence-electron chi connectivity index (χ0n) is 9.45. The number of hydrogen-bond acceptors (Lipinski definition) is 1. The van der Waals surface area contributed by atoms with Crippen molar-refractivity contribution in [2.45, 2.75) is 6.04 Å². The van der Waals surface area contributed by atoms with Crippen molar-refractivity contribution in [3.8, 4) is 0 Å². The van der Waals surface area contributed by atoms with Gasteiger partial charge in [0.1, 0.15) is 5.82 Å². The van der Waals surface area contributed by atoms with Crippen LogP contribution in [0.1, 0.15) is 17.2 Å². The van der Waals surface area contributed by atoms with E-state index < -0.39 is 0 Å². The normalized spacial score (nSPS) is 12.4. The summed E-state index contributed by atoms with van der Waals surface area (Å²) in [6, 6.07) is 14.9. The molecule has 0 fully saturated rings. The van der Waals surface area contributed by atoms with Crippen molar-refractivity contribution >= 4 is 22.6 Å². The fraction of sp³-hybridized carbons (Fsp3) is 0.143. The zero-order chi connectivity index (χ0) is 12.3. The summed E-state index contributed by atoms with van der Waals surface area (Å²) in [6.45, 7) is 0. The summed E-state index contributed by atoms with van der Waals surface area (Å²) in [4.78, 5) is 0. The largest absolute Gasteiger partial charge is 0.309 e. The van der Waals surface area contributed by atoms with E-state index in [1.807, 2.05) is 43.4 Å². The molecule has 1 unspecified atom stereocenters. The fourth-order valence-electron chi connectivity index (χ4n) is 1.87. The second-order valence-corrected chi connectivity index (χ2v) is 5.04. The third-order valence-electron chi connectivity index (χ3n) is 2.71. The molecule has 0 spiro atoms. The maximum absolute atomic E-state index is 13.8. The third kappa shape index (κ3) is 2.84. The Bertz CT molecular complexity index is 496. The van der Waals surface area contributed by atoms with Gasteiger partial charge in [-0.05, 0) is 53.4 Å². The van der Waals surface area contributed by atoms with Gasteiger partial charge in [-0.15, -0.1) is 0 Å². The van der Waals surface area contributed by atoms with E-state index in [9.17, 15) is 4.39 Å². The molecule has 3 heteroatoms. The Morgan fingerprint density at radius 3 is 2.29 bits per heavy atom. The summed E-state index contributed by atoms with van der Waals surface area (Å²) in [7, 11) is 1.84. The maximum Gasteiger partial charge on any atom is 0.128 e. The van der Waals surface area contributed by atoms with E-state index in [0.29, 0.717) is 5.56 Å². The second kappa shape index (κ2) is 5.60. The Morgan fingerprint density at radius 1 is 1.06 bits per heavy atom. The van der Waals surface area contributed by atoms with Gasteiger partial charge >= 0.3 is 0 Å². The van der Waals surface area contributed by atoms with Crippen molar-refractivity contribution in [3.63, 3.8) is 0 Å². The average Bonchev–Trinajstić information content (AvgIpc) is 2.35. The smallest absolute Gasteiger partial charge is 0.128 e. The molecular weight excluding hydrogens is 328 g/mol. The molecule has 0 heterocycles. The van der Waals surface area contributed by atoms with Gasteiger partial charge in [0.15, 0.2) is 0 Å². The van der Waals surface area contributed by atoms with Crippen molar-refractivity contribution in [2.24, 2.45) is 0 Å². The van der Waals surface area contributed by atoms with Crippen LogP contribution in [0.25, 0.3) is 0 Å².